The van der Waals surface area contributed by atoms with E-state index in [9.17, 15) is 22.8 Å². The maximum atomic E-state index is 12.7. The number of nitrogens with zero attached hydrogens (tertiary/aromatic N) is 1. The van der Waals surface area contributed by atoms with E-state index >= 15 is 0 Å². The minimum absolute atomic E-state index is 0.120. The van der Waals surface area contributed by atoms with E-state index in [0.29, 0.717) is 22.1 Å². The molecule has 0 bridgehead atoms. The van der Waals surface area contributed by atoms with Gasteiger partial charge in [0.05, 0.1) is 11.4 Å². The van der Waals surface area contributed by atoms with Gasteiger partial charge in [0, 0.05) is 16.7 Å². The summed E-state index contributed by atoms with van der Waals surface area (Å²) in [6.07, 6.45) is -3.31. The molecule has 2 aromatic carbocycles. The van der Waals surface area contributed by atoms with Crippen LogP contribution in [0.25, 0.3) is 17.4 Å². The summed E-state index contributed by atoms with van der Waals surface area (Å²) in [4.78, 5) is 26.3. The molecule has 0 saturated carbocycles. The number of halogens is 4. The third-order valence-corrected chi connectivity index (χ3v) is 5.56. The molecule has 1 aromatic heterocycles. The Morgan fingerprint density at radius 3 is 2.34 bits per heavy atom. The predicted octanol–water partition coefficient (Wildman–Crippen LogP) is 6.74. The van der Waals surface area contributed by atoms with Gasteiger partial charge in [0.2, 0.25) is 0 Å². The summed E-state index contributed by atoms with van der Waals surface area (Å²) in [5, 5.41) is 0.155. The standard InChI is InChI=1S/C22H13ClF3NO4S/c23-15-5-1-13(2-6-15)12-27-20(28)19(32-21(27)29)11-17-9-10-18(30-17)14-3-7-16(8-4-14)31-22(24,25)26/h1-11H,12H2/b19-11-. The van der Waals surface area contributed by atoms with Crippen LogP contribution >= 0.6 is 23.4 Å². The zero-order valence-corrected chi connectivity index (χ0v) is 17.6. The molecule has 1 saturated heterocycles. The lowest BCUT2D eigenvalue weighted by molar-refractivity contribution is -0.274. The van der Waals surface area contributed by atoms with Crippen molar-refractivity contribution in [3.8, 4) is 17.1 Å². The molecule has 1 aliphatic rings. The Bertz CT molecular complexity index is 1190. The molecule has 0 spiro atoms. The van der Waals surface area contributed by atoms with E-state index in [1.54, 1.807) is 36.4 Å². The van der Waals surface area contributed by atoms with E-state index in [0.717, 1.165) is 22.2 Å². The normalized spacial score (nSPS) is 15.6. The van der Waals surface area contributed by atoms with Crippen LogP contribution in [0.1, 0.15) is 11.3 Å². The van der Waals surface area contributed by atoms with Gasteiger partial charge in [0.25, 0.3) is 11.1 Å². The van der Waals surface area contributed by atoms with Crippen molar-refractivity contribution in [1.82, 2.24) is 4.90 Å². The van der Waals surface area contributed by atoms with Crippen molar-refractivity contribution in [2.24, 2.45) is 0 Å². The van der Waals surface area contributed by atoms with Crippen LogP contribution in [0.4, 0.5) is 18.0 Å². The van der Waals surface area contributed by atoms with Gasteiger partial charge in [0.15, 0.2) is 0 Å². The number of furan rings is 1. The van der Waals surface area contributed by atoms with Crippen LogP contribution < -0.4 is 4.74 Å². The fraction of sp³-hybridized carbons (Fsp3) is 0.0909. The van der Waals surface area contributed by atoms with Crippen LogP contribution in [0.5, 0.6) is 5.75 Å². The van der Waals surface area contributed by atoms with Gasteiger partial charge in [0.1, 0.15) is 17.3 Å². The van der Waals surface area contributed by atoms with Crippen LogP contribution in [0.15, 0.2) is 70.0 Å². The molecule has 32 heavy (non-hydrogen) atoms. The van der Waals surface area contributed by atoms with Gasteiger partial charge in [-0.2, -0.15) is 0 Å². The number of amides is 2. The number of ether oxygens (including phenoxy) is 1. The van der Waals surface area contributed by atoms with Crippen molar-refractivity contribution < 1.29 is 31.9 Å². The van der Waals surface area contributed by atoms with E-state index in [1.807, 2.05) is 0 Å². The van der Waals surface area contributed by atoms with Gasteiger partial charge in [-0.1, -0.05) is 23.7 Å². The largest absolute Gasteiger partial charge is 0.573 e. The Morgan fingerprint density at radius 2 is 1.69 bits per heavy atom. The van der Waals surface area contributed by atoms with Gasteiger partial charge < -0.3 is 9.15 Å². The minimum atomic E-state index is -4.77. The number of alkyl halides is 3. The first-order valence-electron chi connectivity index (χ1n) is 9.14. The number of rotatable bonds is 5. The van der Waals surface area contributed by atoms with Crippen LogP contribution in [0.2, 0.25) is 5.02 Å². The lowest BCUT2D eigenvalue weighted by Gasteiger charge is -2.12. The average Bonchev–Trinajstić information content (AvgIpc) is 3.29. The van der Waals surface area contributed by atoms with Gasteiger partial charge >= 0.3 is 6.36 Å². The molecule has 2 heterocycles. The third kappa shape index (κ3) is 5.17. The maximum Gasteiger partial charge on any atom is 0.573 e. The van der Waals surface area contributed by atoms with Crippen molar-refractivity contribution in [2.75, 3.05) is 0 Å². The molecular weight excluding hydrogens is 467 g/mol. The van der Waals surface area contributed by atoms with Gasteiger partial charge in [-0.15, -0.1) is 13.2 Å². The molecule has 1 aliphatic heterocycles. The summed E-state index contributed by atoms with van der Waals surface area (Å²) >= 11 is 6.66. The van der Waals surface area contributed by atoms with E-state index in [1.165, 1.54) is 30.3 Å². The second kappa shape index (κ2) is 8.76. The SMILES string of the molecule is O=C1S/C(=C\c2ccc(-c3ccc(OC(F)(F)F)cc3)o2)C(=O)N1Cc1ccc(Cl)cc1. The molecule has 0 unspecified atom stereocenters. The number of benzene rings is 2. The molecule has 0 N–H and O–H groups in total. The predicted molar refractivity (Wildman–Crippen MR) is 114 cm³/mol. The van der Waals surface area contributed by atoms with E-state index in [2.05, 4.69) is 4.74 Å². The van der Waals surface area contributed by atoms with Gasteiger partial charge in [-0.05, 0) is 65.9 Å². The molecule has 1 fully saturated rings. The number of imide groups is 1. The summed E-state index contributed by atoms with van der Waals surface area (Å²) < 4.78 is 46.3. The fourth-order valence-electron chi connectivity index (χ4n) is 2.94. The summed E-state index contributed by atoms with van der Waals surface area (Å²) in [5.74, 6) is -0.0771. The number of hydrogen-bond donors (Lipinski definition) is 0. The molecule has 0 atom stereocenters. The van der Waals surface area contributed by atoms with E-state index < -0.39 is 17.5 Å². The number of carbonyl (C=O) groups excluding carboxylic acids is 2. The first kappa shape index (κ1) is 22.0. The van der Waals surface area contributed by atoms with Crippen LogP contribution in [-0.4, -0.2) is 22.4 Å². The quantitative estimate of drug-likeness (QED) is 0.379. The molecule has 164 valence electrons. The highest BCUT2D eigenvalue weighted by Crippen LogP contribution is 2.34. The first-order valence-corrected chi connectivity index (χ1v) is 10.3. The highest BCUT2D eigenvalue weighted by molar-refractivity contribution is 8.18. The minimum Gasteiger partial charge on any atom is -0.457 e. The smallest absolute Gasteiger partial charge is 0.457 e. The first-order chi connectivity index (χ1) is 15.2. The Kier molecular flexibility index (Phi) is 6.03. The second-order valence-electron chi connectivity index (χ2n) is 6.67. The van der Waals surface area contributed by atoms with Crippen LogP contribution in [-0.2, 0) is 11.3 Å². The monoisotopic (exact) mass is 479 g/mol. The molecule has 0 aliphatic carbocycles. The maximum absolute atomic E-state index is 12.7. The Hall–Kier alpha value is -3.17. The molecule has 4 rings (SSSR count). The Labute approximate surface area is 189 Å². The lowest BCUT2D eigenvalue weighted by Crippen LogP contribution is -2.27. The van der Waals surface area contributed by atoms with Gasteiger partial charge in [-0.3, -0.25) is 14.5 Å². The highest BCUT2D eigenvalue weighted by Gasteiger charge is 2.35. The van der Waals surface area contributed by atoms with E-state index in [4.69, 9.17) is 16.0 Å². The third-order valence-electron chi connectivity index (χ3n) is 4.40. The molecule has 5 nitrogen and oxygen atoms in total. The summed E-state index contributed by atoms with van der Waals surface area (Å²) in [7, 11) is 0. The molecule has 0 radical (unpaired) electrons. The molecule has 3 aromatic rings. The summed E-state index contributed by atoms with van der Waals surface area (Å²) in [6.45, 7) is 0.120. The van der Waals surface area contributed by atoms with Gasteiger partial charge in [-0.25, -0.2) is 0 Å². The van der Waals surface area contributed by atoms with Crippen LogP contribution in [0, 0.1) is 0 Å². The van der Waals surface area contributed by atoms with E-state index in [-0.39, 0.29) is 17.2 Å². The Balaban J connectivity index is 1.47. The average molecular weight is 480 g/mol. The number of thioether (sulfide) groups is 1. The zero-order chi connectivity index (χ0) is 22.9. The van der Waals surface area contributed by atoms with Crippen molar-refractivity contribution in [2.45, 2.75) is 12.9 Å². The Morgan fingerprint density at radius 1 is 1.00 bits per heavy atom. The molecule has 2 amide bonds. The number of hydrogen-bond acceptors (Lipinski definition) is 5. The van der Waals surface area contributed by atoms with Crippen LogP contribution in [0.3, 0.4) is 0 Å². The zero-order valence-electron chi connectivity index (χ0n) is 16.1. The lowest BCUT2D eigenvalue weighted by atomic mass is 10.2. The fourth-order valence-corrected chi connectivity index (χ4v) is 3.89. The highest BCUT2D eigenvalue weighted by atomic mass is 35.5. The second-order valence-corrected chi connectivity index (χ2v) is 8.10. The van der Waals surface area contributed by atoms with Crippen molar-refractivity contribution in [3.63, 3.8) is 0 Å². The molecular formula is C22H13ClF3NO4S. The summed E-state index contributed by atoms with van der Waals surface area (Å²) in [6, 6.07) is 15.2. The molecule has 10 heteroatoms. The topological polar surface area (TPSA) is 59.8 Å². The van der Waals surface area contributed by atoms with Crippen molar-refractivity contribution in [1.29, 1.82) is 0 Å². The number of carbonyl (C=O) groups is 2. The van der Waals surface area contributed by atoms with Crippen molar-refractivity contribution >= 4 is 40.6 Å². The summed E-state index contributed by atoms with van der Waals surface area (Å²) in [5.41, 5.74) is 1.28. The van der Waals surface area contributed by atoms with Crippen molar-refractivity contribution in [3.05, 3.63) is 81.9 Å².